The highest BCUT2D eigenvalue weighted by Crippen LogP contribution is 2.23. The molecule has 0 atom stereocenters. The van der Waals surface area contributed by atoms with Crippen LogP contribution < -0.4 is 0 Å². The molecule has 0 spiro atoms. The molecule has 0 saturated carbocycles. The van der Waals surface area contributed by atoms with E-state index >= 15 is 0 Å². The van der Waals surface area contributed by atoms with Crippen LogP contribution in [0.4, 0.5) is 0 Å². The molecular formula is C19H22O. The molecule has 1 nitrogen and oxygen atoms in total. The molecule has 0 fully saturated rings. The number of aliphatic hydroxyl groups is 1. The van der Waals surface area contributed by atoms with Gasteiger partial charge in [0.05, 0.1) is 6.61 Å². The first-order valence-corrected chi connectivity index (χ1v) is 7.48. The highest BCUT2D eigenvalue weighted by Gasteiger charge is 2.11. The van der Waals surface area contributed by atoms with Crippen molar-refractivity contribution in [2.45, 2.75) is 46.1 Å². The molecule has 6 rings (SSSR count). The molecule has 0 amide bonds. The summed E-state index contributed by atoms with van der Waals surface area (Å²) in [5, 5.41) is 9.62. The van der Waals surface area contributed by atoms with Crippen molar-refractivity contribution in [3.05, 3.63) is 69.3 Å². The van der Waals surface area contributed by atoms with Crippen molar-refractivity contribution < 1.29 is 5.11 Å². The van der Waals surface area contributed by atoms with Crippen LogP contribution in [0, 0.1) is 13.8 Å². The predicted molar refractivity (Wildman–Crippen MR) is 83.1 cm³/mol. The van der Waals surface area contributed by atoms with Crippen molar-refractivity contribution in [2.75, 3.05) is 0 Å². The predicted octanol–water partition coefficient (Wildman–Crippen LogP) is 3.68. The number of benzene rings is 2. The monoisotopic (exact) mass is 266 g/mol. The van der Waals surface area contributed by atoms with Gasteiger partial charge in [-0.1, -0.05) is 30.3 Å². The van der Waals surface area contributed by atoms with Gasteiger partial charge in [0, 0.05) is 0 Å². The van der Waals surface area contributed by atoms with Crippen molar-refractivity contribution >= 4 is 0 Å². The fraction of sp³-hybridized carbons (Fsp3) is 0.368. The van der Waals surface area contributed by atoms with E-state index in [9.17, 15) is 5.11 Å². The first-order valence-electron chi connectivity index (χ1n) is 7.48. The normalized spacial score (nSPS) is 14.2. The largest absolute Gasteiger partial charge is 0.392 e. The first kappa shape index (κ1) is 13.4. The average Bonchev–Trinajstić information content (AvgIpc) is 2.43. The standard InChI is InChI=1S/C19H22O/c1-13-9-15-3-5-16(13)7-8-18-10-14(2)17(6-4-15)11-19(18)12-20/h3,5,9-11,20H,4,6-8,12H2,1-2H3. The lowest BCUT2D eigenvalue weighted by Crippen LogP contribution is -2.05. The molecule has 4 aliphatic rings. The Morgan fingerprint density at radius 2 is 1.50 bits per heavy atom. The van der Waals surface area contributed by atoms with Crippen molar-refractivity contribution in [3.63, 3.8) is 0 Å². The van der Waals surface area contributed by atoms with Crippen LogP contribution in [0.25, 0.3) is 0 Å². The quantitative estimate of drug-likeness (QED) is 0.835. The van der Waals surface area contributed by atoms with E-state index in [1.807, 2.05) is 0 Å². The molecule has 2 aromatic rings. The lowest BCUT2D eigenvalue weighted by molar-refractivity contribution is 0.280. The van der Waals surface area contributed by atoms with E-state index in [2.05, 4.69) is 44.2 Å². The molecule has 104 valence electrons. The van der Waals surface area contributed by atoms with E-state index in [1.165, 1.54) is 33.4 Å². The highest BCUT2D eigenvalue weighted by molar-refractivity contribution is 5.40. The Morgan fingerprint density at radius 3 is 2.25 bits per heavy atom. The van der Waals surface area contributed by atoms with Crippen molar-refractivity contribution in [2.24, 2.45) is 0 Å². The number of rotatable bonds is 1. The number of hydrogen-bond donors (Lipinski definition) is 1. The topological polar surface area (TPSA) is 20.2 Å². The third kappa shape index (κ3) is 2.51. The van der Waals surface area contributed by atoms with Crippen LogP contribution in [0.3, 0.4) is 0 Å². The number of aliphatic hydroxyl groups excluding tert-OH is 1. The van der Waals surface area contributed by atoms with Gasteiger partial charge in [-0.25, -0.2) is 0 Å². The Morgan fingerprint density at radius 1 is 0.800 bits per heavy atom. The molecular weight excluding hydrogens is 244 g/mol. The minimum Gasteiger partial charge on any atom is -0.392 e. The third-order valence-electron chi connectivity index (χ3n) is 4.58. The Labute approximate surface area is 121 Å². The van der Waals surface area contributed by atoms with Crippen molar-refractivity contribution in [3.8, 4) is 0 Å². The first-order chi connectivity index (χ1) is 9.67. The Bertz CT molecular complexity index is 640. The molecule has 0 radical (unpaired) electrons. The summed E-state index contributed by atoms with van der Waals surface area (Å²) < 4.78 is 0. The zero-order valence-corrected chi connectivity index (χ0v) is 12.4. The van der Waals surface area contributed by atoms with Gasteiger partial charge in [-0.05, 0) is 78.5 Å². The molecule has 0 heterocycles. The van der Waals surface area contributed by atoms with E-state index in [-0.39, 0.29) is 6.61 Å². The van der Waals surface area contributed by atoms with E-state index in [1.54, 1.807) is 0 Å². The second-order valence-corrected chi connectivity index (χ2v) is 5.97. The van der Waals surface area contributed by atoms with Crippen LogP contribution >= 0.6 is 0 Å². The van der Waals surface area contributed by atoms with Crippen molar-refractivity contribution in [1.82, 2.24) is 0 Å². The molecule has 1 N–H and O–H groups in total. The summed E-state index contributed by atoms with van der Waals surface area (Å²) in [7, 11) is 0. The maximum Gasteiger partial charge on any atom is 0.0684 e. The van der Waals surface area contributed by atoms with Gasteiger partial charge in [0.1, 0.15) is 0 Å². The summed E-state index contributed by atoms with van der Waals surface area (Å²) in [6.45, 7) is 4.56. The van der Waals surface area contributed by atoms with Gasteiger partial charge in [-0.15, -0.1) is 0 Å². The van der Waals surface area contributed by atoms with E-state index in [4.69, 9.17) is 0 Å². The molecule has 20 heavy (non-hydrogen) atoms. The molecule has 0 saturated heterocycles. The van der Waals surface area contributed by atoms with Crippen LogP contribution in [0.1, 0.15) is 38.9 Å². The molecule has 0 aliphatic heterocycles. The van der Waals surface area contributed by atoms with Crippen molar-refractivity contribution in [1.29, 1.82) is 0 Å². The van der Waals surface area contributed by atoms with E-state index in [0.29, 0.717) is 0 Å². The SMILES string of the molecule is Cc1cc2c(CO)cc1CCc1ccc(c(C)c1)CC2. The summed E-state index contributed by atoms with van der Waals surface area (Å²) in [5.41, 5.74) is 9.40. The minimum atomic E-state index is 0.152. The lowest BCUT2D eigenvalue weighted by atomic mass is 9.89. The van der Waals surface area contributed by atoms with Gasteiger partial charge in [0.2, 0.25) is 0 Å². The molecule has 4 aliphatic carbocycles. The minimum absolute atomic E-state index is 0.152. The molecule has 2 aromatic carbocycles. The van der Waals surface area contributed by atoms with Crippen LogP contribution in [-0.2, 0) is 32.3 Å². The van der Waals surface area contributed by atoms with Gasteiger partial charge in [-0.3, -0.25) is 0 Å². The van der Waals surface area contributed by atoms with Gasteiger partial charge in [-0.2, -0.15) is 0 Å². The zero-order chi connectivity index (χ0) is 14.1. The fourth-order valence-electron chi connectivity index (χ4n) is 3.26. The van der Waals surface area contributed by atoms with E-state index < -0.39 is 0 Å². The fourth-order valence-corrected chi connectivity index (χ4v) is 3.26. The summed E-state index contributed by atoms with van der Waals surface area (Å²) in [6, 6.07) is 11.4. The van der Waals surface area contributed by atoms with Crippen LogP contribution in [0.5, 0.6) is 0 Å². The zero-order valence-electron chi connectivity index (χ0n) is 12.4. The van der Waals surface area contributed by atoms with E-state index in [0.717, 1.165) is 31.2 Å². The smallest absolute Gasteiger partial charge is 0.0684 e. The molecule has 4 bridgehead atoms. The number of aryl methyl sites for hydroxylation is 6. The third-order valence-corrected chi connectivity index (χ3v) is 4.58. The van der Waals surface area contributed by atoms with Gasteiger partial charge in [0.15, 0.2) is 0 Å². The average molecular weight is 266 g/mol. The highest BCUT2D eigenvalue weighted by atomic mass is 16.3. The second-order valence-electron chi connectivity index (χ2n) is 5.97. The molecule has 0 unspecified atom stereocenters. The number of hydrogen-bond acceptors (Lipinski definition) is 1. The van der Waals surface area contributed by atoms with Gasteiger partial charge >= 0.3 is 0 Å². The Balaban J connectivity index is 2.07. The Kier molecular flexibility index (Phi) is 3.62. The van der Waals surface area contributed by atoms with Gasteiger partial charge in [0.25, 0.3) is 0 Å². The second kappa shape index (κ2) is 5.41. The summed E-state index contributed by atoms with van der Waals surface area (Å²) >= 11 is 0. The summed E-state index contributed by atoms with van der Waals surface area (Å²) in [5.74, 6) is 0. The van der Waals surface area contributed by atoms with Crippen LogP contribution in [0.2, 0.25) is 0 Å². The lowest BCUT2D eigenvalue weighted by Gasteiger charge is -2.17. The Hall–Kier alpha value is -1.60. The summed E-state index contributed by atoms with van der Waals surface area (Å²) in [6.07, 6.45) is 4.19. The van der Waals surface area contributed by atoms with Crippen LogP contribution in [0.15, 0.2) is 30.3 Å². The van der Waals surface area contributed by atoms with Gasteiger partial charge < -0.3 is 5.11 Å². The summed E-state index contributed by atoms with van der Waals surface area (Å²) in [4.78, 5) is 0. The molecule has 0 aromatic heterocycles. The maximum atomic E-state index is 9.62. The molecule has 1 heteroatoms. The van der Waals surface area contributed by atoms with Crippen LogP contribution in [-0.4, -0.2) is 5.11 Å². The maximum absolute atomic E-state index is 9.62.